The number of carbonyl (C=O) groups excluding carboxylic acids is 1. The maximum absolute atomic E-state index is 10.2. The number of hydrogen-bond donors (Lipinski definition) is 1. The Balaban J connectivity index is 2.96. The van der Waals surface area contributed by atoms with E-state index in [1.807, 2.05) is 12.9 Å². The van der Waals surface area contributed by atoms with Gasteiger partial charge in [-0.1, -0.05) is 6.92 Å². The quantitative estimate of drug-likeness (QED) is 0.617. The molecular formula is C7H8N2O. The van der Waals surface area contributed by atoms with Gasteiger partial charge in [-0.15, -0.1) is 0 Å². The highest BCUT2D eigenvalue weighted by molar-refractivity contribution is 5.84. The second-order valence-corrected chi connectivity index (χ2v) is 1.87. The zero-order valence-corrected chi connectivity index (χ0v) is 5.72. The fraction of sp³-hybridized carbons (Fsp3) is 0.286. The number of rotatable bonds is 2. The van der Waals surface area contributed by atoms with Gasteiger partial charge in [-0.25, -0.2) is 9.78 Å². The van der Waals surface area contributed by atoms with Gasteiger partial charge < -0.3 is 4.98 Å². The Kier molecular flexibility index (Phi) is 2.03. The Bertz CT molecular complexity index is 245. The number of aromatic amines is 1. The lowest BCUT2D eigenvalue weighted by Gasteiger charge is -1.90. The second-order valence-electron chi connectivity index (χ2n) is 1.87. The van der Waals surface area contributed by atoms with E-state index in [-0.39, 0.29) is 0 Å². The molecule has 1 heterocycles. The maximum Gasteiger partial charge on any atom is 0.144 e. The van der Waals surface area contributed by atoms with Gasteiger partial charge in [0.2, 0.25) is 0 Å². The molecule has 0 aliphatic rings. The van der Waals surface area contributed by atoms with Crippen LogP contribution >= 0.6 is 0 Å². The Morgan fingerprint density at radius 1 is 1.90 bits per heavy atom. The molecule has 52 valence electrons. The van der Waals surface area contributed by atoms with Crippen molar-refractivity contribution in [1.29, 1.82) is 0 Å². The lowest BCUT2D eigenvalue weighted by atomic mass is 10.2. The molecule has 0 aliphatic carbocycles. The van der Waals surface area contributed by atoms with Gasteiger partial charge in [-0.2, -0.15) is 0 Å². The fourth-order valence-corrected chi connectivity index (χ4v) is 0.718. The average Bonchev–Trinajstić information content (AvgIpc) is 2.43. The standard InChI is InChI=1S/C7H8N2O/c1-2-6(5-10)7-8-3-4-9-7/h3-4H,2H2,1H3,(H,8,9). The molecule has 0 fully saturated rings. The summed E-state index contributed by atoms with van der Waals surface area (Å²) in [5, 5.41) is 0. The molecule has 0 bridgehead atoms. The van der Waals surface area contributed by atoms with Crippen LogP contribution < -0.4 is 0 Å². The first-order valence-corrected chi connectivity index (χ1v) is 3.12. The van der Waals surface area contributed by atoms with E-state index in [9.17, 15) is 4.79 Å². The van der Waals surface area contributed by atoms with E-state index in [0.717, 1.165) is 0 Å². The molecule has 10 heavy (non-hydrogen) atoms. The van der Waals surface area contributed by atoms with E-state index in [2.05, 4.69) is 9.97 Å². The fourth-order valence-electron chi connectivity index (χ4n) is 0.718. The van der Waals surface area contributed by atoms with E-state index in [1.165, 1.54) is 0 Å². The molecule has 1 aromatic heterocycles. The van der Waals surface area contributed by atoms with Crippen LogP contribution in [0.1, 0.15) is 19.2 Å². The molecule has 0 saturated carbocycles. The molecule has 1 N–H and O–H groups in total. The number of nitrogens with one attached hydrogen (secondary N) is 1. The van der Waals surface area contributed by atoms with Crippen LogP contribution in [0.3, 0.4) is 0 Å². The summed E-state index contributed by atoms with van der Waals surface area (Å²) in [5.74, 6) is 2.45. The zero-order chi connectivity index (χ0) is 7.40. The summed E-state index contributed by atoms with van der Waals surface area (Å²) in [6.45, 7) is 1.89. The highest BCUT2D eigenvalue weighted by atomic mass is 16.1. The Hall–Kier alpha value is -1.34. The molecule has 0 saturated heterocycles. The third-order valence-corrected chi connectivity index (χ3v) is 1.26. The van der Waals surface area contributed by atoms with Crippen LogP contribution in [0.4, 0.5) is 0 Å². The van der Waals surface area contributed by atoms with Crippen molar-refractivity contribution in [2.45, 2.75) is 13.3 Å². The smallest absolute Gasteiger partial charge is 0.144 e. The van der Waals surface area contributed by atoms with Crippen LogP contribution in [0.15, 0.2) is 12.4 Å². The molecule has 1 rings (SSSR count). The molecule has 0 amide bonds. The summed E-state index contributed by atoms with van der Waals surface area (Å²) in [5.41, 5.74) is 0.588. The summed E-state index contributed by atoms with van der Waals surface area (Å²) >= 11 is 0. The summed E-state index contributed by atoms with van der Waals surface area (Å²) in [6, 6.07) is 0. The first-order valence-electron chi connectivity index (χ1n) is 3.12. The SMILES string of the molecule is CCC(=C=O)c1ncc[nH]1. The Morgan fingerprint density at radius 2 is 2.70 bits per heavy atom. The van der Waals surface area contributed by atoms with Crippen LogP contribution in [0.5, 0.6) is 0 Å². The highest BCUT2D eigenvalue weighted by Gasteiger charge is 1.99. The lowest BCUT2D eigenvalue weighted by molar-refractivity contribution is 0.569. The zero-order valence-electron chi connectivity index (χ0n) is 5.72. The lowest BCUT2D eigenvalue weighted by Crippen LogP contribution is -1.85. The normalized spacial score (nSPS) is 8.90. The predicted octanol–water partition coefficient (Wildman–Crippen LogP) is 1.03. The minimum absolute atomic E-state index is 0.588. The number of allylic oxidation sites excluding steroid dienone is 1. The summed E-state index contributed by atoms with van der Waals surface area (Å²) < 4.78 is 0. The van der Waals surface area contributed by atoms with Crippen molar-refractivity contribution in [3.05, 3.63) is 18.2 Å². The van der Waals surface area contributed by atoms with Crippen LogP contribution in [0.25, 0.3) is 5.57 Å². The number of nitrogens with zero attached hydrogens (tertiary/aromatic N) is 1. The average molecular weight is 136 g/mol. The molecule has 0 aliphatic heterocycles. The third kappa shape index (κ3) is 1.14. The van der Waals surface area contributed by atoms with E-state index in [4.69, 9.17) is 0 Å². The molecule has 0 spiro atoms. The second kappa shape index (κ2) is 2.99. The van der Waals surface area contributed by atoms with Gasteiger partial charge in [0.25, 0.3) is 0 Å². The Labute approximate surface area is 58.8 Å². The van der Waals surface area contributed by atoms with Gasteiger partial charge in [-0.05, 0) is 6.42 Å². The number of aromatic nitrogens is 2. The van der Waals surface area contributed by atoms with E-state index in [1.54, 1.807) is 12.4 Å². The molecule has 3 nitrogen and oxygen atoms in total. The number of H-pyrrole nitrogens is 1. The van der Waals surface area contributed by atoms with Crippen molar-refractivity contribution in [2.24, 2.45) is 0 Å². The summed E-state index contributed by atoms with van der Waals surface area (Å²) in [4.78, 5) is 16.9. The van der Waals surface area contributed by atoms with Gasteiger partial charge in [0.05, 0.1) is 5.57 Å². The van der Waals surface area contributed by atoms with Gasteiger partial charge in [0.15, 0.2) is 0 Å². The van der Waals surface area contributed by atoms with Crippen molar-refractivity contribution in [2.75, 3.05) is 0 Å². The molecule has 0 atom stereocenters. The van der Waals surface area contributed by atoms with Crippen LogP contribution in [0.2, 0.25) is 0 Å². The molecular weight excluding hydrogens is 128 g/mol. The van der Waals surface area contributed by atoms with Crippen LogP contribution in [-0.2, 0) is 4.79 Å². The number of hydrogen-bond acceptors (Lipinski definition) is 2. The minimum atomic E-state index is 0.588. The van der Waals surface area contributed by atoms with Gasteiger partial charge >= 0.3 is 0 Å². The first-order chi connectivity index (χ1) is 4.88. The van der Waals surface area contributed by atoms with Gasteiger partial charge in [0, 0.05) is 12.4 Å². The van der Waals surface area contributed by atoms with Crippen LogP contribution in [-0.4, -0.2) is 15.9 Å². The van der Waals surface area contributed by atoms with Gasteiger partial charge in [0.1, 0.15) is 11.8 Å². The minimum Gasteiger partial charge on any atom is -0.344 e. The topological polar surface area (TPSA) is 45.8 Å². The molecule has 0 aromatic carbocycles. The maximum atomic E-state index is 10.2. The summed E-state index contributed by atoms with van der Waals surface area (Å²) in [7, 11) is 0. The van der Waals surface area contributed by atoms with Crippen molar-refractivity contribution >= 4 is 11.5 Å². The largest absolute Gasteiger partial charge is 0.344 e. The first kappa shape index (κ1) is 6.78. The molecule has 3 heteroatoms. The van der Waals surface area contributed by atoms with Crippen molar-refractivity contribution in [3.63, 3.8) is 0 Å². The highest BCUT2D eigenvalue weighted by Crippen LogP contribution is 2.07. The van der Waals surface area contributed by atoms with E-state index >= 15 is 0 Å². The molecule has 0 radical (unpaired) electrons. The molecule has 1 aromatic rings. The third-order valence-electron chi connectivity index (χ3n) is 1.26. The predicted molar refractivity (Wildman–Crippen MR) is 38.0 cm³/mol. The monoisotopic (exact) mass is 136 g/mol. The molecule has 0 unspecified atom stereocenters. The van der Waals surface area contributed by atoms with Crippen molar-refractivity contribution in [1.82, 2.24) is 9.97 Å². The Morgan fingerprint density at radius 3 is 3.10 bits per heavy atom. The van der Waals surface area contributed by atoms with Gasteiger partial charge in [-0.3, -0.25) is 0 Å². The van der Waals surface area contributed by atoms with Crippen LogP contribution in [0, 0.1) is 0 Å². The summed E-state index contributed by atoms with van der Waals surface area (Å²) in [6.07, 6.45) is 3.96. The van der Waals surface area contributed by atoms with E-state index < -0.39 is 0 Å². The van der Waals surface area contributed by atoms with E-state index in [0.29, 0.717) is 17.8 Å². The van der Waals surface area contributed by atoms with Crippen molar-refractivity contribution in [3.8, 4) is 0 Å². The van der Waals surface area contributed by atoms with Crippen molar-refractivity contribution < 1.29 is 4.79 Å². The number of imidazole rings is 1.